The number of aromatic nitrogens is 2. The minimum absolute atomic E-state index is 0.121. The Balaban J connectivity index is 1.97. The highest BCUT2D eigenvalue weighted by Gasteiger charge is 2.14. The van der Waals surface area contributed by atoms with Crippen LogP contribution >= 0.6 is 0 Å². The van der Waals surface area contributed by atoms with Crippen LogP contribution < -0.4 is 20.8 Å². The summed E-state index contributed by atoms with van der Waals surface area (Å²) in [4.78, 5) is 15.6. The van der Waals surface area contributed by atoms with Crippen molar-refractivity contribution in [3.05, 3.63) is 46.6 Å². The zero-order chi connectivity index (χ0) is 13.2. The number of ether oxygens (including phenoxy) is 2. The lowest BCUT2D eigenvalue weighted by Crippen LogP contribution is -2.20. The first kappa shape index (κ1) is 11.6. The molecule has 2 aromatic rings. The second-order valence-corrected chi connectivity index (χ2v) is 4.24. The number of rotatable bonds is 2. The van der Waals surface area contributed by atoms with Crippen LogP contribution in [0.3, 0.4) is 0 Å². The number of nitrogen functional groups attached to an aromatic ring is 1. The van der Waals surface area contributed by atoms with Gasteiger partial charge in [0.15, 0.2) is 11.5 Å². The molecule has 6 nitrogen and oxygen atoms in total. The standard InChI is InChI=1S/C13H13N3O3/c14-10-6-12-11(18-3-4-19-12)5-9(10)7-16-8-15-2-1-13(16)17/h1-2,5-6,8H,3-4,7,14H2. The molecule has 1 aliphatic rings. The van der Waals surface area contributed by atoms with Gasteiger partial charge in [-0.3, -0.25) is 9.36 Å². The molecule has 0 amide bonds. The van der Waals surface area contributed by atoms with Gasteiger partial charge in [-0.2, -0.15) is 0 Å². The molecule has 1 aliphatic heterocycles. The van der Waals surface area contributed by atoms with Gasteiger partial charge in [-0.25, -0.2) is 4.98 Å². The van der Waals surface area contributed by atoms with Gasteiger partial charge in [0.05, 0.1) is 12.9 Å². The minimum Gasteiger partial charge on any atom is -0.486 e. The van der Waals surface area contributed by atoms with Crippen molar-refractivity contribution in [1.82, 2.24) is 9.55 Å². The van der Waals surface area contributed by atoms with E-state index in [1.807, 2.05) is 6.07 Å². The normalized spacial score (nSPS) is 13.3. The van der Waals surface area contributed by atoms with Crippen LogP contribution in [0, 0.1) is 0 Å². The number of fused-ring (bicyclic) bond motifs is 1. The Morgan fingerprint density at radius 3 is 2.74 bits per heavy atom. The fraction of sp³-hybridized carbons (Fsp3) is 0.231. The fourth-order valence-electron chi connectivity index (χ4n) is 1.96. The van der Waals surface area contributed by atoms with E-state index in [4.69, 9.17) is 15.2 Å². The molecule has 98 valence electrons. The maximum absolute atomic E-state index is 11.6. The molecular formula is C13H13N3O3. The van der Waals surface area contributed by atoms with Crippen LogP contribution in [-0.2, 0) is 6.54 Å². The third kappa shape index (κ3) is 2.24. The molecule has 0 saturated heterocycles. The lowest BCUT2D eigenvalue weighted by molar-refractivity contribution is 0.171. The molecule has 6 heteroatoms. The van der Waals surface area contributed by atoms with Crippen molar-refractivity contribution >= 4 is 5.69 Å². The van der Waals surface area contributed by atoms with E-state index >= 15 is 0 Å². The molecule has 2 N–H and O–H groups in total. The summed E-state index contributed by atoms with van der Waals surface area (Å²) in [6.07, 6.45) is 2.95. The average Bonchev–Trinajstić information content (AvgIpc) is 2.42. The van der Waals surface area contributed by atoms with Gasteiger partial charge in [0.1, 0.15) is 13.2 Å². The highest BCUT2D eigenvalue weighted by atomic mass is 16.6. The summed E-state index contributed by atoms with van der Waals surface area (Å²) in [6.45, 7) is 1.40. The van der Waals surface area contributed by atoms with E-state index in [0.717, 1.165) is 5.56 Å². The van der Waals surface area contributed by atoms with Crippen LogP contribution in [-0.4, -0.2) is 22.8 Å². The van der Waals surface area contributed by atoms with E-state index < -0.39 is 0 Å². The van der Waals surface area contributed by atoms with Crippen LogP contribution in [0.25, 0.3) is 0 Å². The Labute approximate surface area is 109 Å². The second kappa shape index (κ2) is 4.64. The van der Waals surface area contributed by atoms with Crippen molar-refractivity contribution in [3.63, 3.8) is 0 Å². The Kier molecular flexibility index (Phi) is 2.83. The molecule has 1 aromatic heterocycles. The van der Waals surface area contributed by atoms with Crippen molar-refractivity contribution in [2.75, 3.05) is 18.9 Å². The van der Waals surface area contributed by atoms with E-state index in [1.54, 1.807) is 6.07 Å². The first-order valence-electron chi connectivity index (χ1n) is 5.92. The molecule has 0 spiro atoms. The van der Waals surface area contributed by atoms with Crippen molar-refractivity contribution in [1.29, 1.82) is 0 Å². The quantitative estimate of drug-likeness (QED) is 0.801. The Morgan fingerprint density at radius 2 is 2.00 bits per heavy atom. The van der Waals surface area contributed by atoms with Gasteiger partial charge < -0.3 is 15.2 Å². The van der Waals surface area contributed by atoms with Gasteiger partial charge in [0.2, 0.25) is 0 Å². The Hall–Kier alpha value is -2.50. The first-order chi connectivity index (χ1) is 9.24. The number of benzene rings is 1. The number of hydrogen-bond donors (Lipinski definition) is 1. The van der Waals surface area contributed by atoms with E-state index in [9.17, 15) is 4.79 Å². The van der Waals surface area contributed by atoms with Crippen molar-refractivity contribution in [2.24, 2.45) is 0 Å². The van der Waals surface area contributed by atoms with Crippen LogP contribution in [0.5, 0.6) is 11.5 Å². The third-order valence-electron chi connectivity index (χ3n) is 2.94. The number of hydrogen-bond acceptors (Lipinski definition) is 5. The second-order valence-electron chi connectivity index (χ2n) is 4.24. The van der Waals surface area contributed by atoms with Crippen LogP contribution in [0.2, 0.25) is 0 Å². The topological polar surface area (TPSA) is 79.4 Å². The SMILES string of the molecule is Nc1cc2c(cc1Cn1cnccc1=O)OCCO2. The van der Waals surface area contributed by atoms with Gasteiger partial charge >= 0.3 is 0 Å². The highest BCUT2D eigenvalue weighted by molar-refractivity contribution is 5.58. The predicted molar refractivity (Wildman–Crippen MR) is 69.4 cm³/mol. The molecule has 2 heterocycles. The zero-order valence-electron chi connectivity index (χ0n) is 10.2. The van der Waals surface area contributed by atoms with Gasteiger partial charge in [-0.1, -0.05) is 0 Å². The number of nitrogens with two attached hydrogens (primary N) is 1. The molecule has 0 saturated carbocycles. The van der Waals surface area contributed by atoms with Gasteiger partial charge in [-0.05, 0) is 11.6 Å². The Bertz CT molecular complexity index is 666. The van der Waals surface area contributed by atoms with E-state index in [1.165, 1.54) is 23.2 Å². The summed E-state index contributed by atoms with van der Waals surface area (Å²) in [5, 5.41) is 0. The lowest BCUT2D eigenvalue weighted by atomic mass is 10.1. The van der Waals surface area contributed by atoms with Crippen LogP contribution in [0.4, 0.5) is 5.69 Å². The summed E-state index contributed by atoms with van der Waals surface area (Å²) < 4.78 is 12.4. The summed E-state index contributed by atoms with van der Waals surface area (Å²) in [6, 6.07) is 4.95. The maximum atomic E-state index is 11.6. The maximum Gasteiger partial charge on any atom is 0.253 e. The zero-order valence-corrected chi connectivity index (χ0v) is 10.2. The molecular weight excluding hydrogens is 246 g/mol. The van der Waals surface area contributed by atoms with Gasteiger partial charge in [-0.15, -0.1) is 0 Å². The molecule has 0 fully saturated rings. The molecule has 0 unspecified atom stereocenters. The largest absolute Gasteiger partial charge is 0.486 e. The van der Waals surface area contributed by atoms with E-state index in [0.29, 0.717) is 36.9 Å². The average molecular weight is 259 g/mol. The smallest absolute Gasteiger partial charge is 0.253 e. The van der Waals surface area contributed by atoms with Gasteiger partial charge in [0.25, 0.3) is 5.56 Å². The molecule has 0 radical (unpaired) electrons. The molecule has 3 rings (SSSR count). The highest BCUT2D eigenvalue weighted by Crippen LogP contribution is 2.34. The fourth-order valence-corrected chi connectivity index (χ4v) is 1.96. The third-order valence-corrected chi connectivity index (χ3v) is 2.94. The minimum atomic E-state index is -0.121. The van der Waals surface area contributed by atoms with Crippen molar-refractivity contribution < 1.29 is 9.47 Å². The number of anilines is 1. The van der Waals surface area contributed by atoms with E-state index in [-0.39, 0.29) is 5.56 Å². The van der Waals surface area contributed by atoms with Crippen LogP contribution in [0.1, 0.15) is 5.56 Å². The van der Waals surface area contributed by atoms with Gasteiger partial charge in [0, 0.05) is 24.0 Å². The number of nitrogens with zero attached hydrogens (tertiary/aromatic N) is 2. The summed E-state index contributed by atoms with van der Waals surface area (Å²) >= 11 is 0. The van der Waals surface area contributed by atoms with Crippen LogP contribution in [0.15, 0.2) is 35.5 Å². The van der Waals surface area contributed by atoms with Crippen molar-refractivity contribution in [2.45, 2.75) is 6.54 Å². The molecule has 1 aromatic carbocycles. The monoisotopic (exact) mass is 259 g/mol. The molecule has 0 aliphatic carbocycles. The van der Waals surface area contributed by atoms with E-state index in [2.05, 4.69) is 4.98 Å². The molecule has 19 heavy (non-hydrogen) atoms. The summed E-state index contributed by atoms with van der Waals surface area (Å²) in [7, 11) is 0. The summed E-state index contributed by atoms with van der Waals surface area (Å²) in [5.74, 6) is 1.30. The molecule has 0 bridgehead atoms. The first-order valence-corrected chi connectivity index (χ1v) is 5.92. The Morgan fingerprint density at radius 1 is 1.26 bits per heavy atom. The van der Waals surface area contributed by atoms with Crippen molar-refractivity contribution in [3.8, 4) is 11.5 Å². The summed E-state index contributed by atoms with van der Waals surface area (Å²) in [5.41, 5.74) is 7.22. The lowest BCUT2D eigenvalue weighted by Gasteiger charge is -2.20. The molecule has 0 atom stereocenters. The predicted octanol–water partition coefficient (Wildman–Crippen LogP) is 0.645.